The average Bonchev–Trinajstić information content (AvgIpc) is 3.14. The van der Waals surface area contributed by atoms with Crippen molar-refractivity contribution in [1.82, 2.24) is 9.97 Å². The lowest BCUT2D eigenvalue weighted by Crippen LogP contribution is -2.05. The van der Waals surface area contributed by atoms with Crippen LogP contribution in [0.1, 0.15) is 36.7 Å². The molecule has 6 nitrogen and oxygen atoms in total. The molecule has 1 aliphatic rings. The summed E-state index contributed by atoms with van der Waals surface area (Å²) in [4.78, 5) is 8.97. The molecule has 0 saturated heterocycles. The fourth-order valence-electron chi connectivity index (χ4n) is 3.07. The molecular formula is C22H24N4O2. The smallest absolute Gasteiger partial charge is 0.231 e. The first-order valence-electron chi connectivity index (χ1n) is 9.42. The van der Waals surface area contributed by atoms with Crippen molar-refractivity contribution in [2.45, 2.75) is 33.2 Å². The zero-order valence-corrected chi connectivity index (χ0v) is 16.3. The third-order valence-electron chi connectivity index (χ3n) is 4.60. The number of benzene rings is 2. The molecule has 0 atom stereocenters. The van der Waals surface area contributed by atoms with Gasteiger partial charge in [-0.2, -0.15) is 0 Å². The van der Waals surface area contributed by atoms with Gasteiger partial charge in [0.15, 0.2) is 11.5 Å². The minimum absolute atomic E-state index is 0.282. The summed E-state index contributed by atoms with van der Waals surface area (Å²) in [5.74, 6) is 4.32. The first-order valence-corrected chi connectivity index (χ1v) is 9.42. The Bertz CT molecular complexity index is 971. The number of nitrogens with one attached hydrogen (secondary N) is 2. The number of fused-ring (bicyclic) bond motifs is 1. The lowest BCUT2D eigenvalue weighted by atomic mass is 10.0. The van der Waals surface area contributed by atoms with Gasteiger partial charge in [0.05, 0.1) is 0 Å². The number of hydrogen-bond donors (Lipinski definition) is 2. The van der Waals surface area contributed by atoms with Crippen molar-refractivity contribution >= 4 is 17.3 Å². The molecule has 2 aromatic carbocycles. The van der Waals surface area contributed by atoms with Crippen LogP contribution in [-0.4, -0.2) is 16.8 Å². The molecule has 28 heavy (non-hydrogen) atoms. The zero-order chi connectivity index (χ0) is 19.5. The van der Waals surface area contributed by atoms with E-state index < -0.39 is 0 Å². The standard InChI is InChI=1S/C22H24N4O2/c1-14(2)17-5-7-18(8-6-17)26-22-11-21(24-15(3)25-22)23-12-16-4-9-19-20(10-16)28-13-27-19/h4-11,14H,12-13H2,1-3H3,(H2,23,24,25,26). The van der Waals surface area contributed by atoms with Gasteiger partial charge in [-0.1, -0.05) is 32.0 Å². The van der Waals surface area contributed by atoms with Gasteiger partial charge >= 0.3 is 0 Å². The van der Waals surface area contributed by atoms with Crippen LogP contribution in [0.5, 0.6) is 11.5 Å². The molecule has 6 heteroatoms. The molecule has 0 spiro atoms. The Labute approximate surface area is 164 Å². The summed E-state index contributed by atoms with van der Waals surface area (Å²) < 4.78 is 10.8. The highest BCUT2D eigenvalue weighted by molar-refractivity contribution is 5.59. The molecule has 1 aliphatic heterocycles. The van der Waals surface area contributed by atoms with Crippen molar-refractivity contribution in [2.75, 3.05) is 17.4 Å². The van der Waals surface area contributed by atoms with Gasteiger partial charge in [0, 0.05) is 18.3 Å². The van der Waals surface area contributed by atoms with Gasteiger partial charge in [0.25, 0.3) is 0 Å². The maximum absolute atomic E-state index is 5.43. The summed E-state index contributed by atoms with van der Waals surface area (Å²) >= 11 is 0. The molecule has 0 fully saturated rings. The molecule has 0 saturated carbocycles. The monoisotopic (exact) mass is 376 g/mol. The fraction of sp³-hybridized carbons (Fsp3) is 0.273. The number of anilines is 3. The van der Waals surface area contributed by atoms with Gasteiger partial charge in [-0.25, -0.2) is 9.97 Å². The van der Waals surface area contributed by atoms with Crippen molar-refractivity contribution in [2.24, 2.45) is 0 Å². The van der Waals surface area contributed by atoms with Gasteiger partial charge in [-0.3, -0.25) is 0 Å². The molecule has 3 aromatic rings. The van der Waals surface area contributed by atoms with E-state index in [1.165, 1.54) is 5.56 Å². The van der Waals surface area contributed by atoms with E-state index in [2.05, 4.69) is 58.7 Å². The van der Waals surface area contributed by atoms with Gasteiger partial charge in [-0.05, 0) is 48.2 Å². The van der Waals surface area contributed by atoms with Crippen LogP contribution in [-0.2, 0) is 6.54 Å². The summed E-state index contributed by atoms with van der Waals surface area (Å²) in [5.41, 5.74) is 3.42. The molecular weight excluding hydrogens is 352 g/mol. The van der Waals surface area contributed by atoms with Crippen LogP contribution in [0.4, 0.5) is 17.3 Å². The van der Waals surface area contributed by atoms with Crippen molar-refractivity contribution in [3.05, 3.63) is 65.5 Å². The maximum Gasteiger partial charge on any atom is 0.231 e. The molecule has 144 valence electrons. The van der Waals surface area contributed by atoms with E-state index in [-0.39, 0.29) is 6.79 Å². The van der Waals surface area contributed by atoms with Crippen LogP contribution >= 0.6 is 0 Å². The normalized spacial score (nSPS) is 12.3. The SMILES string of the molecule is Cc1nc(NCc2ccc3c(c2)OCO3)cc(Nc2ccc(C(C)C)cc2)n1. The second-order valence-electron chi connectivity index (χ2n) is 7.13. The first-order chi connectivity index (χ1) is 13.6. The van der Waals surface area contributed by atoms with E-state index in [9.17, 15) is 0 Å². The number of hydrogen-bond acceptors (Lipinski definition) is 6. The van der Waals surface area contributed by atoms with Gasteiger partial charge in [0.2, 0.25) is 6.79 Å². The van der Waals surface area contributed by atoms with Crippen molar-refractivity contribution in [3.8, 4) is 11.5 Å². The molecule has 0 aliphatic carbocycles. The molecule has 1 aromatic heterocycles. The van der Waals surface area contributed by atoms with Gasteiger partial charge in [-0.15, -0.1) is 0 Å². The third kappa shape index (κ3) is 4.17. The van der Waals surface area contributed by atoms with E-state index in [0.29, 0.717) is 18.3 Å². The number of aryl methyl sites for hydroxylation is 1. The summed E-state index contributed by atoms with van der Waals surface area (Å²) in [5, 5.41) is 6.71. The summed E-state index contributed by atoms with van der Waals surface area (Å²) in [6, 6.07) is 16.3. The van der Waals surface area contributed by atoms with Crippen LogP contribution in [0.3, 0.4) is 0 Å². The predicted molar refractivity (Wildman–Crippen MR) is 110 cm³/mol. The molecule has 4 rings (SSSR count). The highest BCUT2D eigenvalue weighted by atomic mass is 16.7. The van der Waals surface area contributed by atoms with Crippen LogP contribution < -0.4 is 20.1 Å². The topological polar surface area (TPSA) is 68.3 Å². The Morgan fingerprint density at radius 2 is 1.68 bits per heavy atom. The molecule has 2 heterocycles. The molecule has 0 radical (unpaired) electrons. The van der Waals surface area contributed by atoms with E-state index in [1.54, 1.807) is 0 Å². The van der Waals surface area contributed by atoms with Crippen molar-refractivity contribution < 1.29 is 9.47 Å². The van der Waals surface area contributed by atoms with Crippen LogP contribution in [0, 0.1) is 6.92 Å². The largest absolute Gasteiger partial charge is 0.454 e. The first kappa shape index (κ1) is 18.1. The predicted octanol–water partition coefficient (Wildman–Crippen LogP) is 4.99. The summed E-state index contributed by atoms with van der Waals surface area (Å²) in [6.07, 6.45) is 0. The van der Waals surface area contributed by atoms with Crippen molar-refractivity contribution in [1.29, 1.82) is 0 Å². The number of rotatable bonds is 6. The summed E-state index contributed by atoms with van der Waals surface area (Å²) in [6.45, 7) is 7.18. The zero-order valence-electron chi connectivity index (χ0n) is 16.3. The Balaban J connectivity index is 1.44. The second-order valence-corrected chi connectivity index (χ2v) is 7.13. The highest BCUT2D eigenvalue weighted by Gasteiger charge is 2.13. The number of nitrogens with zero attached hydrogens (tertiary/aromatic N) is 2. The Morgan fingerprint density at radius 3 is 2.46 bits per heavy atom. The molecule has 0 amide bonds. The lowest BCUT2D eigenvalue weighted by molar-refractivity contribution is 0.174. The van der Waals surface area contributed by atoms with Gasteiger partial charge < -0.3 is 20.1 Å². The lowest BCUT2D eigenvalue weighted by Gasteiger charge is -2.12. The van der Waals surface area contributed by atoms with Crippen LogP contribution in [0.25, 0.3) is 0 Å². The number of ether oxygens (including phenoxy) is 2. The van der Waals surface area contributed by atoms with Gasteiger partial charge in [0.1, 0.15) is 17.5 Å². The van der Waals surface area contributed by atoms with Crippen molar-refractivity contribution in [3.63, 3.8) is 0 Å². The summed E-state index contributed by atoms with van der Waals surface area (Å²) in [7, 11) is 0. The maximum atomic E-state index is 5.43. The average molecular weight is 376 g/mol. The molecule has 2 N–H and O–H groups in total. The minimum atomic E-state index is 0.282. The Hall–Kier alpha value is -3.28. The van der Waals surface area contributed by atoms with Crippen LogP contribution in [0.15, 0.2) is 48.5 Å². The second kappa shape index (κ2) is 7.76. The number of aromatic nitrogens is 2. The van der Waals surface area contributed by atoms with E-state index in [1.807, 2.05) is 31.2 Å². The fourth-order valence-corrected chi connectivity index (χ4v) is 3.07. The highest BCUT2D eigenvalue weighted by Crippen LogP contribution is 2.32. The van der Waals surface area contributed by atoms with E-state index >= 15 is 0 Å². The molecule has 0 unspecified atom stereocenters. The Kier molecular flexibility index (Phi) is 5.02. The third-order valence-corrected chi connectivity index (χ3v) is 4.60. The van der Waals surface area contributed by atoms with E-state index in [4.69, 9.17) is 9.47 Å². The Morgan fingerprint density at radius 1 is 0.929 bits per heavy atom. The molecule has 0 bridgehead atoms. The minimum Gasteiger partial charge on any atom is -0.454 e. The van der Waals surface area contributed by atoms with Crippen LogP contribution in [0.2, 0.25) is 0 Å². The quantitative estimate of drug-likeness (QED) is 0.631. The van der Waals surface area contributed by atoms with E-state index in [0.717, 1.165) is 34.4 Å².